The summed E-state index contributed by atoms with van der Waals surface area (Å²) in [5.41, 5.74) is 3.35. The Morgan fingerprint density at radius 3 is 2.80 bits per heavy atom. The summed E-state index contributed by atoms with van der Waals surface area (Å²) < 4.78 is 15.1. The minimum atomic E-state index is -0.211. The molecule has 2 aromatic rings. The highest BCUT2D eigenvalue weighted by molar-refractivity contribution is 5.83. The van der Waals surface area contributed by atoms with Crippen LogP contribution in [0.1, 0.15) is 36.3 Å². The van der Waals surface area contributed by atoms with Gasteiger partial charge in [-0.1, -0.05) is 23.8 Å². The number of rotatable bonds is 3. The molecule has 2 fully saturated rings. The van der Waals surface area contributed by atoms with E-state index in [1.165, 1.54) is 17.2 Å². The Hall–Kier alpha value is -2.43. The maximum absolute atomic E-state index is 13.3. The van der Waals surface area contributed by atoms with E-state index in [-0.39, 0.29) is 17.6 Å². The lowest BCUT2D eigenvalue weighted by atomic mass is 10.0. The van der Waals surface area contributed by atoms with Gasteiger partial charge in [-0.15, -0.1) is 0 Å². The first-order valence-corrected chi connectivity index (χ1v) is 8.82. The van der Waals surface area contributed by atoms with Crippen LogP contribution in [0.3, 0.4) is 0 Å². The van der Waals surface area contributed by atoms with Gasteiger partial charge in [-0.3, -0.25) is 9.48 Å². The number of benzene rings is 1. The number of halogens is 1. The molecule has 1 aliphatic carbocycles. The van der Waals surface area contributed by atoms with Gasteiger partial charge in [0.1, 0.15) is 5.82 Å². The molecule has 2 aliphatic rings. The quantitative estimate of drug-likeness (QED) is 0.860. The predicted molar refractivity (Wildman–Crippen MR) is 94.2 cm³/mol. The Labute approximate surface area is 146 Å². The van der Waals surface area contributed by atoms with Crippen molar-refractivity contribution in [2.24, 2.45) is 13.0 Å². The fourth-order valence-corrected chi connectivity index (χ4v) is 3.69. The molecule has 0 bridgehead atoms. The number of likely N-dealkylation sites (tertiary alicyclic amines) is 1. The fraction of sp³-hybridized carbons (Fsp3) is 0.400. The maximum Gasteiger partial charge on any atom is 0.226 e. The van der Waals surface area contributed by atoms with Gasteiger partial charge in [0.25, 0.3) is 0 Å². The van der Waals surface area contributed by atoms with Crippen LogP contribution in [0.15, 0.2) is 42.2 Å². The average molecular weight is 339 g/mol. The van der Waals surface area contributed by atoms with E-state index in [4.69, 9.17) is 0 Å². The number of amides is 1. The lowest BCUT2D eigenvalue weighted by Crippen LogP contribution is -2.37. The summed E-state index contributed by atoms with van der Waals surface area (Å²) in [4.78, 5) is 14.7. The standard InChI is InChI=1S/C20H22FN3O/c1-23-13-16(12-22-23)18-11-19(18)20(25)24-7-5-14(6-8-24)9-15-3-2-4-17(21)10-15/h2-4,9-10,12-13,18-19H,5-8,11H2,1H3. The molecule has 2 heterocycles. The molecule has 1 aromatic heterocycles. The number of aromatic nitrogens is 2. The van der Waals surface area contributed by atoms with Gasteiger partial charge >= 0.3 is 0 Å². The van der Waals surface area contributed by atoms with Gasteiger partial charge < -0.3 is 4.90 Å². The summed E-state index contributed by atoms with van der Waals surface area (Å²) >= 11 is 0. The van der Waals surface area contributed by atoms with Gasteiger partial charge in [-0.05, 0) is 48.4 Å². The summed E-state index contributed by atoms with van der Waals surface area (Å²) in [5, 5.41) is 4.20. The molecule has 1 saturated heterocycles. The third kappa shape index (κ3) is 3.50. The highest BCUT2D eigenvalue weighted by Crippen LogP contribution is 2.48. The molecular formula is C20H22FN3O. The molecular weight excluding hydrogens is 317 g/mol. The van der Waals surface area contributed by atoms with Crippen molar-refractivity contribution in [1.29, 1.82) is 0 Å². The lowest BCUT2D eigenvalue weighted by Gasteiger charge is -2.29. The number of carbonyl (C=O) groups is 1. The van der Waals surface area contributed by atoms with Crippen molar-refractivity contribution in [3.63, 3.8) is 0 Å². The van der Waals surface area contributed by atoms with E-state index in [0.717, 1.165) is 37.9 Å². The smallest absolute Gasteiger partial charge is 0.226 e. The summed E-state index contributed by atoms with van der Waals surface area (Å²) in [6.07, 6.45) is 8.61. The predicted octanol–water partition coefficient (Wildman–Crippen LogP) is 3.37. The van der Waals surface area contributed by atoms with E-state index in [1.54, 1.807) is 16.8 Å². The van der Waals surface area contributed by atoms with Crippen molar-refractivity contribution < 1.29 is 9.18 Å². The second-order valence-electron chi connectivity index (χ2n) is 7.08. The third-order valence-electron chi connectivity index (χ3n) is 5.20. The Morgan fingerprint density at radius 2 is 2.12 bits per heavy atom. The van der Waals surface area contributed by atoms with Crippen LogP contribution in [0.25, 0.3) is 6.08 Å². The fourth-order valence-electron chi connectivity index (χ4n) is 3.69. The SMILES string of the molecule is Cn1cc(C2CC2C(=O)N2CCC(=Cc3cccc(F)c3)CC2)cn1. The Bertz CT molecular complexity index is 816. The van der Waals surface area contributed by atoms with Crippen LogP contribution in [0, 0.1) is 11.7 Å². The van der Waals surface area contributed by atoms with Crippen LogP contribution in [-0.2, 0) is 11.8 Å². The van der Waals surface area contributed by atoms with E-state index in [2.05, 4.69) is 11.2 Å². The van der Waals surface area contributed by atoms with E-state index in [9.17, 15) is 9.18 Å². The molecule has 5 heteroatoms. The molecule has 4 nitrogen and oxygen atoms in total. The molecule has 2 unspecified atom stereocenters. The van der Waals surface area contributed by atoms with Gasteiger partial charge in [-0.2, -0.15) is 5.10 Å². The van der Waals surface area contributed by atoms with Crippen LogP contribution in [0.2, 0.25) is 0 Å². The summed E-state index contributed by atoms with van der Waals surface area (Å²) in [5.74, 6) is 0.527. The summed E-state index contributed by atoms with van der Waals surface area (Å²) in [6, 6.07) is 6.65. The minimum Gasteiger partial charge on any atom is -0.342 e. The molecule has 1 amide bonds. The van der Waals surface area contributed by atoms with Crippen molar-refractivity contribution in [1.82, 2.24) is 14.7 Å². The van der Waals surface area contributed by atoms with Gasteiger partial charge in [0.15, 0.2) is 0 Å². The topological polar surface area (TPSA) is 38.1 Å². The molecule has 0 spiro atoms. The largest absolute Gasteiger partial charge is 0.342 e. The molecule has 0 radical (unpaired) electrons. The van der Waals surface area contributed by atoms with Gasteiger partial charge in [-0.25, -0.2) is 4.39 Å². The summed E-state index contributed by atoms with van der Waals surface area (Å²) in [6.45, 7) is 1.52. The number of aryl methyl sites for hydroxylation is 1. The first-order chi connectivity index (χ1) is 12.1. The average Bonchev–Trinajstić information content (AvgIpc) is 3.29. The van der Waals surface area contributed by atoms with Gasteiger partial charge in [0.05, 0.1) is 6.20 Å². The number of hydrogen-bond donors (Lipinski definition) is 0. The Kier molecular flexibility index (Phi) is 4.15. The Morgan fingerprint density at radius 1 is 1.32 bits per heavy atom. The normalized spacial score (nSPS) is 22.8. The molecule has 1 aromatic carbocycles. The summed E-state index contributed by atoms with van der Waals surface area (Å²) in [7, 11) is 1.90. The Balaban J connectivity index is 1.34. The van der Waals surface area contributed by atoms with Crippen molar-refractivity contribution in [3.8, 4) is 0 Å². The molecule has 2 atom stereocenters. The molecule has 25 heavy (non-hydrogen) atoms. The first kappa shape index (κ1) is 16.1. The number of carbonyl (C=O) groups excluding carboxylic acids is 1. The van der Waals surface area contributed by atoms with Crippen molar-refractivity contribution in [3.05, 3.63) is 59.2 Å². The second-order valence-corrected chi connectivity index (χ2v) is 7.08. The van der Waals surface area contributed by atoms with Crippen molar-refractivity contribution in [2.75, 3.05) is 13.1 Å². The molecule has 1 saturated carbocycles. The monoisotopic (exact) mass is 339 g/mol. The minimum absolute atomic E-state index is 0.123. The lowest BCUT2D eigenvalue weighted by molar-refractivity contribution is -0.133. The molecule has 0 N–H and O–H groups in total. The second kappa shape index (κ2) is 6.47. The molecule has 130 valence electrons. The van der Waals surface area contributed by atoms with E-state index >= 15 is 0 Å². The highest BCUT2D eigenvalue weighted by Gasteiger charge is 2.46. The van der Waals surface area contributed by atoms with Crippen molar-refractivity contribution >= 4 is 12.0 Å². The van der Waals surface area contributed by atoms with Gasteiger partial charge in [0, 0.05) is 32.3 Å². The van der Waals surface area contributed by atoms with E-state index in [1.807, 2.05) is 30.4 Å². The number of hydrogen-bond acceptors (Lipinski definition) is 2. The highest BCUT2D eigenvalue weighted by atomic mass is 19.1. The van der Waals surface area contributed by atoms with E-state index < -0.39 is 0 Å². The number of piperidine rings is 1. The van der Waals surface area contributed by atoms with Crippen LogP contribution < -0.4 is 0 Å². The van der Waals surface area contributed by atoms with E-state index in [0.29, 0.717) is 5.92 Å². The zero-order chi connectivity index (χ0) is 17.4. The first-order valence-electron chi connectivity index (χ1n) is 8.82. The van der Waals surface area contributed by atoms with Crippen LogP contribution in [0.5, 0.6) is 0 Å². The van der Waals surface area contributed by atoms with Crippen molar-refractivity contribution in [2.45, 2.75) is 25.2 Å². The number of nitrogens with zero attached hydrogens (tertiary/aromatic N) is 3. The zero-order valence-electron chi connectivity index (χ0n) is 14.4. The van der Waals surface area contributed by atoms with Crippen LogP contribution in [0.4, 0.5) is 4.39 Å². The zero-order valence-corrected chi connectivity index (χ0v) is 14.4. The third-order valence-corrected chi connectivity index (χ3v) is 5.20. The van der Waals surface area contributed by atoms with Gasteiger partial charge in [0.2, 0.25) is 5.91 Å². The maximum atomic E-state index is 13.3. The molecule has 1 aliphatic heterocycles. The van der Waals surface area contributed by atoms with Crippen LogP contribution in [-0.4, -0.2) is 33.7 Å². The van der Waals surface area contributed by atoms with Crippen LogP contribution >= 0.6 is 0 Å². The molecule has 4 rings (SSSR count).